The van der Waals surface area contributed by atoms with Crippen molar-refractivity contribution in [3.05, 3.63) is 24.0 Å². The van der Waals surface area contributed by atoms with Gasteiger partial charge < -0.3 is 15.7 Å². The van der Waals surface area contributed by atoms with Crippen LogP contribution in [0, 0.1) is 0 Å². The minimum absolute atomic E-state index is 0.179. The third kappa shape index (κ3) is 2.31. The van der Waals surface area contributed by atoms with Crippen molar-refractivity contribution in [1.29, 1.82) is 0 Å². The monoisotopic (exact) mass is 237 g/mol. The maximum Gasteiger partial charge on any atom is 0.106 e. The van der Waals surface area contributed by atoms with Crippen molar-refractivity contribution in [1.82, 2.24) is 4.98 Å². The van der Waals surface area contributed by atoms with Gasteiger partial charge in [-0.15, -0.1) is 0 Å². The highest BCUT2D eigenvalue weighted by Gasteiger charge is 2.19. The summed E-state index contributed by atoms with van der Waals surface area (Å²) < 4.78 is 0. The zero-order valence-electron chi connectivity index (χ0n) is 8.97. The molecule has 0 aromatic carbocycles. The lowest BCUT2D eigenvalue weighted by molar-refractivity contribution is 0.145. The summed E-state index contributed by atoms with van der Waals surface area (Å²) in [6, 6.07) is 1.84. The summed E-state index contributed by atoms with van der Waals surface area (Å²) in [7, 11) is 0. The van der Waals surface area contributed by atoms with Gasteiger partial charge in [0.2, 0.25) is 0 Å². The van der Waals surface area contributed by atoms with Gasteiger partial charge in [-0.25, -0.2) is 0 Å². The number of nitrogens with two attached hydrogens (primary N) is 1. The van der Waals surface area contributed by atoms with Crippen molar-refractivity contribution < 1.29 is 5.11 Å². The zero-order valence-corrected chi connectivity index (χ0v) is 9.78. The van der Waals surface area contributed by atoms with Gasteiger partial charge in [-0.05, 0) is 18.9 Å². The molecule has 1 aliphatic heterocycles. The number of anilines is 1. The highest BCUT2D eigenvalue weighted by molar-refractivity contribution is 7.80. The lowest BCUT2D eigenvalue weighted by Gasteiger charge is -2.32. The van der Waals surface area contributed by atoms with Gasteiger partial charge in [-0.1, -0.05) is 12.2 Å². The van der Waals surface area contributed by atoms with Crippen LogP contribution in [0.3, 0.4) is 0 Å². The highest BCUT2D eigenvalue weighted by atomic mass is 32.1. The Kier molecular flexibility index (Phi) is 3.36. The average molecular weight is 237 g/mol. The van der Waals surface area contributed by atoms with E-state index in [0.717, 1.165) is 37.2 Å². The maximum atomic E-state index is 9.46. The second-order valence-corrected chi connectivity index (χ2v) is 4.42. The van der Waals surface area contributed by atoms with Gasteiger partial charge in [0.15, 0.2) is 0 Å². The zero-order chi connectivity index (χ0) is 11.5. The number of hydrogen-bond acceptors (Lipinski definition) is 4. The third-order valence-corrected chi connectivity index (χ3v) is 3.09. The summed E-state index contributed by atoms with van der Waals surface area (Å²) in [5, 5.41) is 9.46. The molecular weight excluding hydrogens is 222 g/mol. The summed E-state index contributed by atoms with van der Waals surface area (Å²) in [5.41, 5.74) is 7.51. The van der Waals surface area contributed by atoms with E-state index in [2.05, 4.69) is 9.88 Å². The molecule has 0 radical (unpaired) electrons. The largest absolute Gasteiger partial charge is 0.393 e. The number of piperidine rings is 1. The van der Waals surface area contributed by atoms with Crippen molar-refractivity contribution in [2.75, 3.05) is 18.0 Å². The van der Waals surface area contributed by atoms with Crippen LogP contribution >= 0.6 is 12.2 Å². The van der Waals surface area contributed by atoms with Crippen LogP contribution in [-0.2, 0) is 0 Å². The van der Waals surface area contributed by atoms with Gasteiger partial charge in [0.05, 0.1) is 18.0 Å². The van der Waals surface area contributed by atoms with Crippen LogP contribution in [0.1, 0.15) is 18.4 Å². The molecule has 4 nitrogen and oxygen atoms in total. The first-order valence-corrected chi connectivity index (χ1v) is 5.76. The Morgan fingerprint density at radius 3 is 2.81 bits per heavy atom. The standard InChI is InChI=1S/C11H15N3OS/c12-11(16)9-1-4-13-7-10(9)14-5-2-8(15)3-6-14/h1,4,7-8,15H,2-3,5-6H2,(H2,12,16). The van der Waals surface area contributed by atoms with Crippen LogP contribution in [0.4, 0.5) is 5.69 Å². The van der Waals surface area contributed by atoms with E-state index < -0.39 is 0 Å². The normalized spacial score (nSPS) is 17.4. The quantitative estimate of drug-likeness (QED) is 0.741. The molecule has 1 aromatic rings. The minimum Gasteiger partial charge on any atom is -0.393 e. The van der Waals surface area contributed by atoms with E-state index in [-0.39, 0.29) is 6.10 Å². The van der Waals surface area contributed by atoms with Crippen molar-refractivity contribution >= 4 is 22.9 Å². The topological polar surface area (TPSA) is 62.4 Å². The fourth-order valence-electron chi connectivity index (χ4n) is 1.95. The van der Waals surface area contributed by atoms with Crippen molar-refractivity contribution in [2.45, 2.75) is 18.9 Å². The molecule has 3 N–H and O–H groups in total. The Labute approximate surface area is 100 Å². The number of nitrogens with zero attached hydrogens (tertiary/aromatic N) is 2. The molecule has 86 valence electrons. The molecule has 1 aliphatic rings. The van der Waals surface area contributed by atoms with E-state index in [1.165, 1.54) is 0 Å². The van der Waals surface area contributed by atoms with Gasteiger partial charge >= 0.3 is 0 Å². The van der Waals surface area contributed by atoms with Gasteiger partial charge in [0.1, 0.15) is 4.99 Å². The molecule has 5 heteroatoms. The van der Waals surface area contributed by atoms with E-state index in [4.69, 9.17) is 18.0 Å². The predicted molar refractivity (Wildman–Crippen MR) is 67.6 cm³/mol. The molecular formula is C11H15N3OS. The molecule has 0 bridgehead atoms. The smallest absolute Gasteiger partial charge is 0.106 e. The maximum absolute atomic E-state index is 9.46. The van der Waals surface area contributed by atoms with E-state index in [0.29, 0.717) is 4.99 Å². The first-order chi connectivity index (χ1) is 7.68. The molecule has 0 spiro atoms. The molecule has 2 heterocycles. The summed E-state index contributed by atoms with van der Waals surface area (Å²) in [4.78, 5) is 6.67. The van der Waals surface area contributed by atoms with Crippen LogP contribution in [0.5, 0.6) is 0 Å². The Balaban J connectivity index is 2.23. The van der Waals surface area contributed by atoms with E-state index in [1.807, 2.05) is 6.07 Å². The van der Waals surface area contributed by atoms with Crippen molar-refractivity contribution in [3.8, 4) is 0 Å². The summed E-state index contributed by atoms with van der Waals surface area (Å²) in [6.45, 7) is 1.64. The molecule has 0 aliphatic carbocycles. The number of aliphatic hydroxyl groups excluding tert-OH is 1. The van der Waals surface area contributed by atoms with E-state index in [9.17, 15) is 5.11 Å². The summed E-state index contributed by atoms with van der Waals surface area (Å²) in [5.74, 6) is 0. The van der Waals surface area contributed by atoms with Gasteiger partial charge in [0, 0.05) is 24.8 Å². The number of rotatable bonds is 2. The van der Waals surface area contributed by atoms with Crippen molar-refractivity contribution in [3.63, 3.8) is 0 Å². The summed E-state index contributed by atoms with van der Waals surface area (Å²) in [6.07, 6.45) is 4.86. The van der Waals surface area contributed by atoms with Crippen LogP contribution in [0.2, 0.25) is 0 Å². The molecule has 16 heavy (non-hydrogen) atoms. The van der Waals surface area contributed by atoms with Gasteiger partial charge in [-0.2, -0.15) is 0 Å². The lowest BCUT2D eigenvalue weighted by Crippen LogP contribution is -2.37. The number of aromatic nitrogens is 1. The fourth-order valence-corrected chi connectivity index (χ4v) is 2.13. The second-order valence-electron chi connectivity index (χ2n) is 3.98. The van der Waals surface area contributed by atoms with Gasteiger partial charge in [-0.3, -0.25) is 4.98 Å². The Bertz CT molecular complexity index is 389. The predicted octanol–water partition coefficient (Wildman–Crippen LogP) is 0.677. The number of aliphatic hydroxyl groups is 1. The SMILES string of the molecule is NC(=S)c1ccncc1N1CCC(O)CC1. The Hall–Kier alpha value is -1.20. The number of hydrogen-bond donors (Lipinski definition) is 2. The molecule has 1 fully saturated rings. The molecule has 0 saturated carbocycles. The second kappa shape index (κ2) is 4.76. The van der Waals surface area contributed by atoms with Crippen LogP contribution in [-0.4, -0.2) is 34.3 Å². The van der Waals surface area contributed by atoms with E-state index >= 15 is 0 Å². The molecule has 0 amide bonds. The first-order valence-electron chi connectivity index (χ1n) is 5.35. The Morgan fingerprint density at radius 1 is 1.50 bits per heavy atom. The van der Waals surface area contributed by atoms with Crippen LogP contribution in [0.15, 0.2) is 18.5 Å². The highest BCUT2D eigenvalue weighted by Crippen LogP contribution is 2.23. The molecule has 2 rings (SSSR count). The third-order valence-electron chi connectivity index (χ3n) is 2.87. The van der Waals surface area contributed by atoms with Gasteiger partial charge in [0.25, 0.3) is 0 Å². The lowest BCUT2D eigenvalue weighted by atomic mass is 10.1. The fraction of sp³-hybridized carbons (Fsp3) is 0.455. The molecule has 1 aromatic heterocycles. The summed E-state index contributed by atoms with van der Waals surface area (Å²) >= 11 is 5.02. The minimum atomic E-state index is -0.179. The van der Waals surface area contributed by atoms with E-state index in [1.54, 1.807) is 12.4 Å². The molecule has 0 atom stereocenters. The number of pyridine rings is 1. The van der Waals surface area contributed by atoms with Crippen molar-refractivity contribution in [2.24, 2.45) is 5.73 Å². The van der Waals surface area contributed by atoms with Crippen LogP contribution in [0.25, 0.3) is 0 Å². The molecule has 1 saturated heterocycles. The number of thiocarbonyl (C=S) groups is 1. The molecule has 0 unspecified atom stereocenters. The van der Waals surface area contributed by atoms with Crippen LogP contribution < -0.4 is 10.6 Å². The first kappa shape index (κ1) is 11.3. The Morgan fingerprint density at radius 2 is 2.19 bits per heavy atom. The average Bonchev–Trinajstić information content (AvgIpc) is 2.30.